The van der Waals surface area contributed by atoms with Crippen molar-refractivity contribution in [3.8, 4) is 5.95 Å². The van der Waals surface area contributed by atoms with Crippen LogP contribution >= 0.6 is 0 Å². The van der Waals surface area contributed by atoms with Crippen LogP contribution in [0, 0.1) is 0 Å². The van der Waals surface area contributed by atoms with E-state index in [1.54, 1.807) is 46.2 Å². The number of ether oxygens (including phenoxy) is 1. The summed E-state index contributed by atoms with van der Waals surface area (Å²) in [5.41, 5.74) is -0.556. The zero-order chi connectivity index (χ0) is 15.5. The van der Waals surface area contributed by atoms with Gasteiger partial charge in [-0.15, -0.1) is 0 Å². The molecule has 0 radical (unpaired) electrons. The van der Waals surface area contributed by atoms with Crippen molar-refractivity contribution >= 4 is 6.09 Å². The van der Waals surface area contributed by atoms with Crippen molar-refractivity contribution in [2.45, 2.75) is 39.3 Å². The predicted molar refractivity (Wildman–Crippen MR) is 74.7 cm³/mol. The lowest BCUT2D eigenvalue weighted by Crippen LogP contribution is -2.35. The number of carbonyl (C=O) groups excluding carboxylic acids is 1. The maximum Gasteiger partial charge on any atom is 0.408 e. The van der Waals surface area contributed by atoms with Crippen LogP contribution in [0.15, 0.2) is 24.8 Å². The van der Waals surface area contributed by atoms with E-state index in [2.05, 4.69) is 25.4 Å². The Hall–Kier alpha value is -2.51. The average molecular weight is 290 g/mol. The average Bonchev–Trinajstić information content (AvgIpc) is 2.86. The summed E-state index contributed by atoms with van der Waals surface area (Å²) in [4.78, 5) is 24.2. The van der Waals surface area contributed by atoms with Crippen molar-refractivity contribution in [1.82, 2.24) is 30.0 Å². The summed E-state index contributed by atoms with van der Waals surface area (Å²) < 4.78 is 6.69. The standard InChI is InChI=1S/C13H18N6O2/c1-9(18-12(20)21-13(2,3)4)10-16-8-17-19(10)11-14-6-5-7-15-11/h5-9H,1-4H3,(H,18,20). The van der Waals surface area contributed by atoms with Gasteiger partial charge in [0.2, 0.25) is 0 Å². The Labute approximate surface area is 122 Å². The maximum absolute atomic E-state index is 11.8. The van der Waals surface area contributed by atoms with Crippen molar-refractivity contribution in [3.05, 3.63) is 30.6 Å². The molecule has 2 rings (SSSR count). The molecule has 0 aliphatic heterocycles. The van der Waals surface area contributed by atoms with E-state index in [4.69, 9.17) is 4.74 Å². The fourth-order valence-electron chi connectivity index (χ4n) is 1.65. The van der Waals surface area contributed by atoms with Gasteiger partial charge in [-0.3, -0.25) is 0 Å². The van der Waals surface area contributed by atoms with Crippen molar-refractivity contribution in [2.24, 2.45) is 0 Å². The molecule has 0 aromatic carbocycles. The first kappa shape index (κ1) is 14.9. The summed E-state index contributed by atoms with van der Waals surface area (Å²) in [6.45, 7) is 7.19. The van der Waals surface area contributed by atoms with Gasteiger partial charge in [0.25, 0.3) is 5.95 Å². The predicted octanol–water partition coefficient (Wildman–Crippen LogP) is 1.64. The summed E-state index contributed by atoms with van der Waals surface area (Å²) in [7, 11) is 0. The Kier molecular flexibility index (Phi) is 4.15. The minimum atomic E-state index is -0.556. The number of aromatic nitrogens is 5. The van der Waals surface area contributed by atoms with Gasteiger partial charge >= 0.3 is 6.09 Å². The Morgan fingerprint density at radius 1 is 1.29 bits per heavy atom. The molecule has 2 heterocycles. The monoisotopic (exact) mass is 290 g/mol. The number of alkyl carbamates (subject to hydrolysis) is 1. The van der Waals surface area contributed by atoms with Crippen molar-refractivity contribution < 1.29 is 9.53 Å². The van der Waals surface area contributed by atoms with Crippen LogP contribution in [0.25, 0.3) is 5.95 Å². The molecule has 2 aromatic heterocycles. The molecule has 112 valence electrons. The van der Waals surface area contributed by atoms with Crippen molar-refractivity contribution in [2.75, 3.05) is 0 Å². The van der Waals surface area contributed by atoms with Gasteiger partial charge in [-0.25, -0.2) is 19.7 Å². The number of hydrogen-bond acceptors (Lipinski definition) is 6. The van der Waals surface area contributed by atoms with Gasteiger partial charge in [-0.2, -0.15) is 9.78 Å². The SMILES string of the molecule is CC(NC(=O)OC(C)(C)C)c1ncnn1-c1ncccn1. The molecule has 8 heteroatoms. The van der Waals surface area contributed by atoms with Crippen molar-refractivity contribution in [1.29, 1.82) is 0 Å². The molecule has 0 aliphatic carbocycles. The number of amides is 1. The summed E-state index contributed by atoms with van der Waals surface area (Å²) in [6, 6.07) is 1.31. The summed E-state index contributed by atoms with van der Waals surface area (Å²) >= 11 is 0. The zero-order valence-corrected chi connectivity index (χ0v) is 12.4. The second-order valence-corrected chi connectivity index (χ2v) is 5.45. The number of rotatable bonds is 3. The number of hydrogen-bond donors (Lipinski definition) is 1. The van der Waals surface area contributed by atoms with Gasteiger partial charge in [0.05, 0.1) is 6.04 Å². The van der Waals surface area contributed by atoms with Gasteiger partial charge in [-0.05, 0) is 33.8 Å². The van der Waals surface area contributed by atoms with E-state index < -0.39 is 17.7 Å². The molecular weight excluding hydrogens is 272 g/mol. The van der Waals surface area contributed by atoms with E-state index in [0.29, 0.717) is 11.8 Å². The molecule has 0 fully saturated rings. The van der Waals surface area contributed by atoms with Gasteiger partial charge in [0.15, 0.2) is 5.82 Å². The van der Waals surface area contributed by atoms with E-state index in [0.717, 1.165) is 0 Å². The van der Waals surface area contributed by atoms with Crippen LogP contribution in [-0.4, -0.2) is 36.4 Å². The van der Waals surface area contributed by atoms with E-state index in [1.165, 1.54) is 11.0 Å². The molecule has 1 N–H and O–H groups in total. The largest absolute Gasteiger partial charge is 0.444 e. The molecular formula is C13H18N6O2. The van der Waals surface area contributed by atoms with Crippen LogP contribution in [0.2, 0.25) is 0 Å². The molecule has 1 atom stereocenters. The molecule has 0 aliphatic rings. The Morgan fingerprint density at radius 2 is 1.95 bits per heavy atom. The highest BCUT2D eigenvalue weighted by Crippen LogP contribution is 2.13. The molecule has 0 saturated heterocycles. The number of carbonyl (C=O) groups is 1. The van der Waals surface area contributed by atoms with E-state index in [-0.39, 0.29) is 0 Å². The van der Waals surface area contributed by atoms with E-state index >= 15 is 0 Å². The molecule has 0 spiro atoms. The third kappa shape index (κ3) is 3.98. The first-order chi connectivity index (χ1) is 9.87. The van der Waals surface area contributed by atoms with Gasteiger partial charge in [-0.1, -0.05) is 0 Å². The smallest absolute Gasteiger partial charge is 0.408 e. The van der Waals surface area contributed by atoms with Crippen LogP contribution in [-0.2, 0) is 4.74 Å². The van der Waals surface area contributed by atoms with Gasteiger partial charge < -0.3 is 10.1 Å². The van der Waals surface area contributed by atoms with Crippen LogP contribution in [0.3, 0.4) is 0 Å². The highest BCUT2D eigenvalue weighted by atomic mass is 16.6. The topological polar surface area (TPSA) is 94.8 Å². The fourth-order valence-corrected chi connectivity index (χ4v) is 1.65. The van der Waals surface area contributed by atoms with Crippen LogP contribution < -0.4 is 5.32 Å². The quantitative estimate of drug-likeness (QED) is 0.923. The summed E-state index contributed by atoms with van der Waals surface area (Å²) in [5, 5.41) is 6.79. The molecule has 2 aromatic rings. The third-order valence-electron chi connectivity index (χ3n) is 2.44. The Bertz CT molecular complexity index is 605. The minimum absolute atomic E-state index is 0.392. The first-order valence-corrected chi connectivity index (χ1v) is 6.53. The highest BCUT2D eigenvalue weighted by Gasteiger charge is 2.21. The second-order valence-electron chi connectivity index (χ2n) is 5.45. The van der Waals surface area contributed by atoms with Gasteiger partial charge in [0, 0.05) is 12.4 Å². The Balaban J connectivity index is 2.13. The van der Waals surface area contributed by atoms with Crippen LogP contribution in [0.5, 0.6) is 0 Å². The first-order valence-electron chi connectivity index (χ1n) is 6.53. The Morgan fingerprint density at radius 3 is 2.57 bits per heavy atom. The van der Waals surface area contributed by atoms with Crippen molar-refractivity contribution in [3.63, 3.8) is 0 Å². The van der Waals surface area contributed by atoms with E-state index in [9.17, 15) is 4.79 Å². The van der Waals surface area contributed by atoms with Gasteiger partial charge in [0.1, 0.15) is 11.9 Å². The minimum Gasteiger partial charge on any atom is -0.444 e. The number of nitrogens with zero attached hydrogens (tertiary/aromatic N) is 5. The molecule has 1 amide bonds. The second kappa shape index (κ2) is 5.86. The lowest BCUT2D eigenvalue weighted by molar-refractivity contribution is 0.0505. The lowest BCUT2D eigenvalue weighted by atomic mass is 10.2. The number of nitrogens with one attached hydrogen (secondary N) is 1. The molecule has 8 nitrogen and oxygen atoms in total. The van der Waals surface area contributed by atoms with E-state index in [1.807, 2.05) is 0 Å². The fraction of sp³-hybridized carbons (Fsp3) is 0.462. The summed E-state index contributed by atoms with van der Waals surface area (Å²) in [5.74, 6) is 0.912. The third-order valence-corrected chi connectivity index (χ3v) is 2.44. The summed E-state index contributed by atoms with van der Waals surface area (Å²) in [6.07, 6.45) is 4.09. The lowest BCUT2D eigenvalue weighted by Gasteiger charge is -2.21. The molecule has 21 heavy (non-hydrogen) atoms. The highest BCUT2D eigenvalue weighted by molar-refractivity contribution is 5.68. The maximum atomic E-state index is 11.8. The molecule has 0 bridgehead atoms. The van der Waals surface area contributed by atoms with Crippen LogP contribution in [0.1, 0.15) is 39.6 Å². The molecule has 1 unspecified atom stereocenters. The molecule has 0 saturated carbocycles. The zero-order valence-electron chi connectivity index (χ0n) is 12.4. The van der Waals surface area contributed by atoms with Crippen LogP contribution in [0.4, 0.5) is 4.79 Å². The normalized spacial score (nSPS) is 12.8.